The number of carbonyl (C=O) groups is 2. The Hall–Kier alpha value is -2.90. The summed E-state index contributed by atoms with van der Waals surface area (Å²) in [6.45, 7) is 7.67. The van der Waals surface area contributed by atoms with Gasteiger partial charge in [-0.2, -0.15) is 0 Å². The van der Waals surface area contributed by atoms with Crippen molar-refractivity contribution in [2.75, 3.05) is 58.7 Å². The zero-order valence-electron chi connectivity index (χ0n) is 18.7. The highest BCUT2D eigenvalue weighted by Crippen LogP contribution is 2.16. The van der Waals surface area contributed by atoms with E-state index in [2.05, 4.69) is 36.5 Å². The van der Waals surface area contributed by atoms with Crippen molar-refractivity contribution in [1.82, 2.24) is 4.90 Å². The van der Waals surface area contributed by atoms with Gasteiger partial charge in [0.05, 0.1) is 13.7 Å². The van der Waals surface area contributed by atoms with Gasteiger partial charge in [0.15, 0.2) is 6.54 Å². The van der Waals surface area contributed by atoms with E-state index in [0.29, 0.717) is 18.0 Å². The largest absolute Gasteiger partial charge is 0.497 e. The van der Waals surface area contributed by atoms with Crippen molar-refractivity contribution in [1.29, 1.82) is 0 Å². The fraction of sp³-hybridized carbons (Fsp3) is 0.417. The molecule has 1 heterocycles. The molecule has 166 valence electrons. The van der Waals surface area contributed by atoms with Crippen LogP contribution in [0.25, 0.3) is 0 Å². The Bertz CT molecular complexity index is 894. The number of piperazine rings is 1. The second-order valence-corrected chi connectivity index (χ2v) is 8.37. The molecule has 31 heavy (non-hydrogen) atoms. The van der Waals surface area contributed by atoms with Gasteiger partial charge >= 0.3 is 0 Å². The van der Waals surface area contributed by atoms with Crippen LogP contribution in [0.5, 0.6) is 5.75 Å². The first kappa shape index (κ1) is 22.8. The lowest BCUT2D eigenvalue weighted by Crippen LogP contribution is -3.28. The molecule has 0 spiro atoms. The summed E-state index contributed by atoms with van der Waals surface area (Å²) in [4.78, 5) is 29.3. The minimum Gasteiger partial charge on any atom is -0.497 e. The summed E-state index contributed by atoms with van der Waals surface area (Å²) in [6, 6.07) is 15.9. The molecule has 1 fully saturated rings. The van der Waals surface area contributed by atoms with Gasteiger partial charge in [-0.3, -0.25) is 9.59 Å². The lowest BCUT2D eigenvalue weighted by atomic mass is 10.1. The molecule has 0 aliphatic carbocycles. The van der Waals surface area contributed by atoms with E-state index < -0.39 is 0 Å². The van der Waals surface area contributed by atoms with Crippen molar-refractivity contribution in [3.8, 4) is 5.75 Å². The smallest absolute Gasteiger partial charge is 0.277 e. The predicted molar refractivity (Wildman–Crippen MR) is 120 cm³/mol. The summed E-state index contributed by atoms with van der Waals surface area (Å²) < 4.78 is 5.17. The van der Waals surface area contributed by atoms with Gasteiger partial charge in [0.1, 0.15) is 38.5 Å². The van der Waals surface area contributed by atoms with Crippen LogP contribution in [0.3, 0.4) is 0 Å². The lowest BCUT2D eigenvalue weighted by Gasteiger charge is -2.30. The summed E-state index contributed by atoms with van der Waals surface area (Å²) in [5, 5.41) is 2.82. The van der Waals surface area contributed by atoms with Crippen molar-refractivity contribution in [2.24, 2.45) is 0 Å². The quantitative estimate of drug-likeness (QED) is 0.527. The van der Waals surface area contributed by atoms with Crippen molar-refractivity contribution in [3.05, 3.63) is 59.7 Å². The summed E-state index contributed by atoms with van der Waals surface area (Å²) in [5.74, 6) is 0.457. The third kappa shape index (κ3) is 7.08. The maximum absolute atomic E-state index is 12.6. The van der Waals surface area contributed by atoms with Crippen LogP contribution in [-0.4, -0.2) is 70.1 Å². The van der Waals surface area contributed by atoms with Crippen molar-refractivity contribution < 1.29 is 24.1 Å². The number of likely N-dealkylation sites (N-methyl/N-ethyl adjacent to an activating group) is 1. The lowest BCUT2D eigenvalue weighted by molar-refractivity contribution is -1.02. The molecule has 0 radical (unpaired) electrons. The maximum atomic E-state index is 12.6. The van der Waals surface area contributed by atoms with Gasteiger partial charge in [0.2, 0.25) is 5.91 Å². The van der Waals surface area contributed by atoms with Gasteiger partial charge in [0, 0.05) is 24.4 Å². The minimum atomic E-state index is -0.216. The first-order chi connectivity index (χ1) is 14.9. The second-order valence-electron chi connectivity index (χ2n) is 8.37. The summed E-state index contributed by atoms with van der Waals surface area (Å²) in [7, 11) is 3.27. The number of anilines is 1. The van der Waals surface area contributed by atoms with Gasteiger partial charge < -0.3 is 24.8 Å². The van der Waals surface area contributed by atoms with E-state index >= 15 is 0 Å². The summed E-state index contributed by atoms with van der Waals surface area (Å²) >= 11 is 0. The molecule has 7 nitrogen and oxygen atoms in total. The number of amides is 2. The third-order valence-corrected chi connectivity index (χ3v) is 5.76. The SMILES string of the molecule is COc1cccc(NC(=O)CN(C)C(=O)C[NH+]2CC[NH+](Cc3cccc(C)c3)CC2)c1. The van der Waals surface area contributed by atoms with Gasteiger partial charge in [-0.15, -0.1) is 0 Å². The average Bonchev–Trinajstić information content (AvgIpc) is 2.75. The summed E-state index contributed by atoms with van der Waals surface area (Å²) in [5.41, 5.74) is 3.32. The van der Waals surface area contributed by atoms with Crippen LogP contribution >= 0.6 is 0 Å². The minimum absolute atomic E-state index is 0.00192. The number of quaternary nitrogens is 2. The molecule has 1 saturated heterocycles. The maximum Gasteiger partial charge on any atom is 0.277 e. The average molecular weight is 427 g/mol. The zero-order chi connectivity index (χ0) is 22.2. The normalized spacial score (nSPS) is 18.3. The van der Waals surface area contributed by atoms with Crippen molar-refractivity contribution in [3.63, 3.8) is 0 Å². The number of methoxy groups -OCH3 is 1. The van der Waals surface area contributed by atoms with E-state index in [0.717, 1.165) is 32.7 Å². The molecule has 0 unspecified atom stereocenters. The molecule has 2 aromatic carbocycles. The highest BCUT2D eigenvalue weighted by Gasteiger charge is 2.26. The molecule has 2 aromatic rings. The number of carbonyl (C=O) groups excluding carboxylic acids is 2. The Labute approximate surface area is 184 Å². The number of nitrogens with zero attached hydrogens (tertiary/aromatic N) is 1. The highest BCUT2D eigenvalue weighted by molar-refractivity contribution is 5.94. The second kappa shape index (κ2) is 10.9. The molecular weight excluding hydrogens is 392 g/mol. The molecule has 0 saturated carbocycles. The topological polar surface area (TPSA) is 67.5 Å². The van der Waals surface area contributed by atoms with Crippen LogP contribution in [0, 0.1) is 6.92 Å². The molecular formula is C24H34N4O3+2. The van der Waals surface area contributed by atoms with E-state index in [4.69, 9.17) is 4.74 Å². The van der Waals surface area contributed by atoms with Crippen LogP contribution in [-0.2, 0) is 16.1 Å². The van der Waals surface area contributed by atoms with Gasteiger partial charge in [-0.25, -0.2) is 0 Å². The Morgan fingerprint density at radius 2 is 1.74 bits per heavy atom. The number of aryl methyl sites for hydroxylation is 1. The molecule has 7 heteroatoms. The van der Waals surface area contributed by atoms with Crippen LogP contribution in [0.15, 0.2) is 48.5 Å². The number of hydrogen-bond donors (Lipinski definition) is 3. The fourth-order valence-electron chi connectivity index (χ4n) is 3.98. The molecule has 0 aromatic heterocycles. The Morgan fingerprint density at radius 1 is 1.03 bits per heavy atom. The van der Waals surface area contributed by atoms with Crippen LogP contribution in [0.2, 0.25) is 0 Å². The van der Waals surface area contributed by atoms with Crippen molar-refractivity contribution >= 4 is 17.5 Å². The van der Waals surface area contributed by atoms with Crippen molar-refractivity contribution in [2.45, 2.75) is 13.5 Å². The third-order valence-electron chi connectivity index (χ3n) is 5.76. The van der Waals surface area contributed by atoms with E-state index in [1.54, 1.807) is 31.2 Å². The number of ether oxygens (including phenoxy) is 1. The first-order valence-electron chi connectivity index (χ1n) is 10.8. The Balaban J connectivity index is 1.40. The molecule has 1 aliphatic rings. The van der Waals surface area contributed by atoms with E-state index in [-0.39, 0.29) is 18.4 Å². The monoisotopic (exact) mass is 426 g/mol. The molecule has 0 bridgehead atoms. The molecule has 3 N–H and O–H groups in total. The molecule has 2 amide bonds. The van der Waals surface area contributed by atoms with Gasteiger partial charge in [-0.05, 0) is 19.1 Å². The first-order valence-corrected chi connectivity index (χ1v) is 10.8. The summed E-state index contributed by atoms with van der Waals surface area (Å²) in [6.07, 6.45) is 0. The number of hydrogen-bond acceptors (Lipinski definition) is 3. The number of nitrogens with one attached hydrogen (secondary N) is 3. The Kier molecular flexibility index (Phi) is 8.03. The molecule has 0 atom stereocenters. The van der Waals surface area contributed by atoms with Crippen LogP contribution < -0.4 is 19.9 Å². The standard InChI is InChI=1S/C24H32N4O3/c1-19-6-4-7-20(14-19)16-27-10-12-28(13-11-27)18-24(30)26(2)17-23(29)25-21-8-5-9-22(15-21)31-3/h4-9,14-15H,10-13,16-18H2,1-3H3,(H,25,29)/p+2. The zero-order valence-corrected chi connectivity index (χ0v) is 18.7. The van der Waals surface area contributed by atoms with Gasteiger partial charge in [-0.1, -0.05) is 35.9 Å². The van der Waals surface area contributed by atoms with E-state index in [1.165, 1.54) is 20.9 Å². The van der Waals surface area contributed by atoms with E-state index in [9.17, 15) is 9.59 Å². The Morgan fingerprint density at radius 3 is 2.45 bits per heavy atom. The highest BCUT2D eigenvalue weighted by atomic mass is 16.5. The van der Waals surface area contributed by atoms with Crippen LogP contribution in [0.1, 0.15) is 11.1 Å². The number of rotatable bonds is 8. The number of benzene rings is 2. The molecule has 1 aliphatic heterocycles. The molecule has 3 rings (SSSR count). The van der Waals surface area contributed by atoms with Crippen LogP contribution in [0.4, 0.5) is 5.69 Å². The van der Waals surface area contributed by atoms with E-state index in [1.807, 2.05) is 12.1 Å². The fourth-order valence-corrected chi connectivity index (χ4v) is 3.98. The van der Waals surface area contributed by atoms with Gasteiger partial charge in [0.25, 0.3) is 5.91 Å². The predicted octanol–water partition coefficient (Wildman–Crippen LogP) is -0.616.